The molecule has 0 unspecified atom stereocenters. The van der Waals surface area contributed by atoms with Crippen LogP contribution in [0.1, 0.15) is 20.3 Å². The van der Waals surface area contributed by atoms with Crippen molar-refractivity contribution in [3.63, 3.8) is 0 Å². The maximum atomic E-state index is 12.7. The average Bonchev–Trinajstić information content (AvgIpc) is 2.03. The van der Waals surface area contributed by atoms with Crippen LogP contribution in [0.15, 0.2) is 18.2 Å². The van der Waals surface area contributed by atoms with Gasteiger partial charge in [0.1, 0.15) is 0 Å². The third kappa shape index (κ3) is 8.05. The van der Waals surface area contributed by atoms with Crippen molar-refractivity contribution < 1.29 is 26.1 Å². The molecule has 1 rings (SSSR count). The van der Waals surface area contributed by atoms with Crippen LogP contribution in [0.2, 0.25) is 0 Å². The van der Waals surface area contributed by atoms with Crippen molar-refractivity contribution in [2.24, 2.45) is 5.92 Å². The summed E-state index contributed by atoms with van der Waals surface area (Å²) in [5, 5.41) is 0. The molecule has 1 nitrogen and oxygen atoms in total. The monoisotopic (exact) mass is 284 g/mol. The summed E-state index contributed by atoms with van der Waals surface area (Å²) in [6.07, 6.45) is 0.977. The fourth-order valence-corrected chi connectivity index (χ4v) is 0.906. The molecule has 0 spiro atoms. The van der Waals surface area contributed by atoms with Gasteiger partial charge in [-0.05, 0) is 12.3 Å². The first kappa shape index (κ1) is 17.6. The molecule has 0 heterocycles. The van der Waals surface area contributed by atoms with Gasteiger partial charge in [-0.25, -0.2) is 4.39 Å². The quantitative estimate of drug-likeness (QED) is 0.544. The summed E-state index contributed by atoms with van der Waals surface area (Å²) in [6, 6.07) is 7.05. The smallest absolute Gasteiger partial charge is 1.00 e. The van der Waals surface area contributed by atoms with Gasteiger partial charge in [-0.2, -0.15) is 6.07 Å². The van der Waals surface area contributed by atoms with Gasteiger partial charge in [0.15, 0.2) is 0 Å². The zero-order chi connectivity index (χ0) is 9.68. The van der Waals surface area contributed by atoms with E-state index in [1.54, 1.807) is 0 Å². The van der Waals surface area contributed by atoms with E-state index in [0.717, 1.165) is 6.42 Å². The van der Waals surface area contributed by atoms with Crippen LogP contribution in [-0.4, -0.2) is 29.7 Å². The molecule has 0 aromatic heterocycles. The van der Waals surface area contributed by atoms with E-state index in [2.05, 4.69) is 19.9 Å². The van der Waals surface area contributed by atoms with E-state index in [1.807, 2.05) is 0 Å². The molecule has 4 heteroatoms. The predicted octanol–water partition coefficient (Wildman–Crippen LogP) is -0.326. The van der Waals surface area contributed by atoms with Gasteiger partial charge in [-0.3, -0.25) is 0 Å². The molecular formula is C11H14BrFMgO. The molecule has 0 saturated heterocycles. The fourth-order valence-electron chi connectivity index (χ4n) is 0.906. The Labute approximate surface area is 117 Å². The molecular weight excluding hydrogens is 271 g/mol. The van der Waals surface area contributed by atoms with E-state index in [1.165, 1.54) is 18.2 Å². The molecule has 0 bridgehead atoms. The normalized spacial score (nSPS) is 9.07. The van der Waals surface area contributed by atoms with Gasteiger partial charge in [0.2, 0.25) is 0 Å². The van der Waals surface area contributed by atoms with Crippen molar-refractivity contribution in [2.75, 3.05) is 6.61 Å². The number of hydrogen-bond acceptors (Lipinski definition) is 1. The van der Waals surface area contributed by atoms with Crippen molar-refractivity contribution in [1.82, 2.24) is 0 Å². The van der Waals surface area contributed by atoms with Gasteiger partial charge < -0.3 is 21.7 Å². The van der Waals surface area contributed by atoms with Crippen LogP contribution in [0.4, 0.5) is 4.39 Å². The first-order chi connectivity index (χ1) is 6.18. The van der Waals surface area contributed by atoms with Gasteiger partial charge in [0.05, 0.1) is 6.61 Å². The summed E-state index contributed by atoms with van der Waals surface area (Å²) < 4.78 is 18.0. The van der Waals surface area contributed by atoms with E-state index >= 15 is 0 Å². The van der Waals surface area contributed by atoms with Crippen molar-refractivity contribution in [1.29, 1.82) is 0 Å². The Kier molecular flexibility index (Phi) is 11.0. The van der Waals surface area contributed by atoms with E-state index in [4.69, 9.17) is 4.74 Å². The summed E-state index contributed by atoms with van der Waals surface area (Å²) in [6.45, 7) is 4.87. The summed E-state index contributed by atoms with van der Waals surface area (Å²) in [5.74, 6) is 0.813. The molecule has 0 fully saturated rings. The Balaban J connectivity index is 0. The number of rotatable bonds is 4. The number of benzene rings is 1. The zero-order valence-corrected chi connectivity index (χ0v) is 12.1. The molecule has 0 aliphatic rings. The van der Waals surface area contributed by atoms with Crippen molar-refractivity contribution in [3.8, 4) is 5.75 Å². The Bertz CT molecular complexity index is 269. The third-order valence-electron chi connectivity index (χ3n) is 1.69. The Hall–Kier alpha value is 0.196. The van der Waals surface area contributed by atoms with Crippen molar-refractivity contribution in [2.45, 2.75) is 20.3 Å². The number of ether oxygens (including phenoxy) is 1. The van der Waals surface area contributed by atoms with Gasteiger partial charge >= 0.3 is 23.1 Å². The van der Waals surface area contributed by atoms with Crippen LogP contribution in [0.25, 0.3) is 0 Å². The van der Waals surface area contributed by atoms with E-state index in [9.17, 15) is 4.39 Å². The summed E-state index contributed by atoms with van der Waals surface area (Å²) in [7, 11) is 0. The molecule has 0 aliphatic heterocycles. The molecule has 0 atom stereocenters. The molecule has 1 aromatic carbocycles. The Morgan fingerprint density at radius 2 is 2.13 bits per heavy atom. The average molecular weight is 285 g/mol. The van der Waals surface area contributed by atoms with Crippen LogP contribution in [-0.2, 0) is 0 Å². The van der Waals surface area contributed by atoms with Crippen LogP contribution >= 0.6 is 0 Å². The molecule has 0 radical (unpaired) electrons. The second kappa shape index (κ2) is 9.42. The minimum absolute atomic E-state index is 0. The zero-order valence-electron chi connectivity index (χ0n) is 9.09. The standard InChI is InChI=1S/C11H14FO.BrH.Mg/c1-9(2)6-7-13-11-5-3-4-10(12)8-11;;/h3-4,8-9H,6-7H2,1-2H3;1H;/q-1;;+2/p-1. The molecule has 80 valence electrons. The number of halogens is 2. The van der Waals surface area contributed by atoms with Gasteiger partial charge in [-0.15, -0.1) is 12.1 Å². The van der Waals surface area contributed by atoms with E-state index < -0.39 is 0 Å². The largest absolute Gasteiger partial charge is 2.00 e. The van der Waals surface area contributed by atoms with Crippen LogP contribution in [0.5, 0.6) is 5.75 Å². The van der Waals surface area contributed by atoms with Gasteiger partial charge in [0, 0.05) is 11.6 Å². The first-order valence-electron chi connectivity index (χ1n) is 4.48. The summed E-state index contributed by atoms with van der Waals surface area (Å²) in [4.78, 5) is 0. The maximum absolute atomic E-state index is 12.7. The van der Waals surface area contributed by atoms with E-state index in [-0.39, 0.29) is 45.9 Å². The summed E-state index contributed by atoms with van der Waals surface area (Å²) >= 11 is 0. The second-order valence-corrected chi connectivity index (χ2v) is 3.40. The minimum atomic E-state index is -0.279. The topological polar surface area (TPSA) is 9.23 Å². The van der Waals surface area contributed by atoms with E-state index in [0.29, 0.717) is 18.3 Å². The Morgan fingerprint density at radius 3 is 2.67 bits per heavy atom. The van der Waals surface area contributed by atoms with Crippen molar-refractivity contribution >= 4 is 23.1 Å². The van der Waals surface area contributed by atoms with Crippen LogP contribution in [0, 0.1) is 17.8 Å². The molecule has 15 heavy (non-hydrogen) atoms. The van der Waals surface area contributed by atoms with Gasteiger partial charge in [-0.1, -0.05) is 19.9 Å². The Morgan fingerprint density at radius 1 is 1.47 bits per heavy atom. The second-order valence-electron chi connectivity index (χ2n) is 3.40. The predicted molar refractivity (Wildman–Crippen MR) is 55.9 cm³/mol. The SMILES string of the molecule is CC(C)CCOc1[c-]ccc(F)c1.[Br-].[Mg+2]. The first-order valence-corrected chi connectivity index (χ1v) is 4.48. The summed E-state index contributed by atoms with van der Waals surface area (Å²) in [5.41, 5.74) is 0. The van der Waals surface area contributed by atoms with Crippen molar-refractivity contribution in [3.05, 3.63) is 30.1 Å². The van der Waals surface area contributed by atoms with Crippen LogP contribution < -0.4 is 21.7 Å². The van der Waals surface area contributed by atoms with Gasteiger partial charge in [0.25, 0.3) is 0 Å². The maximum Gasteiger partial charge on any atom is 2.00 e. The molecule has 0 amide bonds. The fraction of sp³-hybridized carbons (Fsp3) is 0.455. The molecule has 1 aromatic rings. The molecule has 0 aliphatic carbocycles. The number of hydrogen-bond donors (Lipinski definition) is 0. The minimum Gasteiger partial charge on any atom is -1.00 e. The third-order valence-corrected chi connectivity index (χ3v) is 1.69. The van der Waals surface area contributed by atoms with Crippen LogP contribution in [0.3, 0.4) is 0 Å². The molecule has 0 N–H and O–H groups in total. The molecule has 0 saturated carbocycles.